The van der Waals surface area contributed by atoms with Crippen molar-refractivity contribution in [2.45, 2.75) is 12.8 Å². The molecule has 0 aliphatic rings. The van der Waals surface area contributed by atoms with E-state index in [0.717, 1.165) is 41.2 Å². The van der Waals surface area contributed by atoms with Gasteiger partial charge in [-0.25, -0.2) is 0 Å². The molecule has 4 heteroatoms. The maximum absolute atomic E-state index is 13.0. The van der Waals surface area contributed by atoms with Crippen LogP contribution in [-0.2, 0) is 12.8 Å². The Hall–Kier alpha value is -4.18. The molecule has 5 aromatic rings. The van der Waals surface area contributed by atoms with Gasteiger partial charge in [0.25, 0.3) is 0 Å². The highest BCUT2D eigenvalue weighted by molar-refractivity contribution is 5.83. The van der Waals surface area contributed by atoms with E-state index in [-0.39, 0.29) is 5.43 Å². The number of nitrogens with one attached hydrogen (secondary N) is 1. The lowest BCUT2D eigenvalue weighted by molar-refractivity contribution is 0.914. The highest BCUT2D eigenvalue weighted by Gasteiger charge is 2.13. The average molecular weight is 418 g/mol. The van der Waals surface area contributed by atoms with Crippen molar-refractivity contribution in [2.75, 3.05) is 5.32 Å². The van der Waals surface area contributed by atoms with Crippen LogP contribution in [0.15, 0.2) is 114 Å². The quantitative estimate of drug-likeness (QED) is 0.373. The molecule has 0 unspecified atom stereocenters. The molecule has 2 aromatic heterocycles. The van der Waals surface area contributed by atoms with Gasteiger partial charge in [-0.15, -0.1) is 0 Å². The van der Waals surface area contributed by atoms with Gasteiger partial charge in [0.05, 0.1) is 10.9 Å². The minimum absolute atomic E-state index is 0.0484. The summed E-state index contributed by atoms with van der Waals surface area (Å²) in [5.74, 6) is 0.722. The highest BCUT2D eigenvalue weighted by atomic mass is 16.1. The molecule has 5 rings (SSSR count). The molecule has 0 saturated heterocycles. The molecule has 0 bridgehead atoms. The molecule has 0 atom stereocenters. The van der Waals surface area contributed by atoms with Crippen molar-refractivity contribution in [3.8, 4) is 5.69 Å². The fourth-order valence-corrected chi connectivity index (χ4v) is 3.93. The maximum Gasteiger partial charge on any atom is 0.193 e. The Balaban J connectivity index is 1.63. The number of para-hydroxylation sites is 2. The van der Waals surface area contributed by atoms with Gasteiger partial charge >= 0.3 is 0 Å². The molecular weight excluding hydrogens is 394 g/mol. The zero-order chi connectivity index (χ0) is 21.8. The standard InChI is InChI=1S/C28H23N3O/c32-27-19-28(30-22-12-6-2-7-13-22)31(24-14-8-3-9-15-24)26-18-23(29-20-25(26)27)17-16-21-10-4-1-5-11-21/h1-15,18-20,30H,16-17H2. The highest BCUT2D eigenvalue weighted by Crippen LogP contribution is 2.25. The Morgan fingerprint density at radius 2 is 1.41 bits per heavy atom. The van der Waals surface area contributed by atoms with E-state index in [2.05, 4.69) is 39.1 Å². The van der Waals surface area contributed by atoms with Crippen LogP contribution in [0.1, 0.15) is 11.3 Å². The Labute approximate surface area is 186 Å². The lowest BCUT2D eigenvalue weighted by Gasteiger charge is -2.19. The van der Waals surface area contributed by atoms with Gasteiger partial charge in [0.15, 0.2) is 5.43 Å². The predicted molar refractivity (Wildman–Crippen MR) is 131 cm³/mol. The molecule has 0 saturated carbocycles. The molecule has 3 aromatic carbocycles. The third kappa shape index (κ3) is 4.16. The number of aromatic nitrogens is 2. The third-order valence-electron chi connectivity index (χ3n) is 5.53. The summed E-state index contributed by atoms with van der Waals surface area (Å²) < 4.78 is 2.09. The van der Waals surface area contributed by atoms with Crippen LogP contribution in [0.5, 0.6) is 0 Å². The number of pyridine rings is 2. The predicted octanol–water partition coefficient (Wildman–Crippen LogP) is 5.91. The second kappa shape index (κ2) is 8.90. The molecule has 0 spiro atoms. The first-order valence-electron chi connectivity index (χ1n) is 10.7. The summed E-state index contributed by atoms with van der Waals surface area (Å²) in [5, 5.41) is 4.03. The van der Waals surface area contributed by atoms with E-state index in [1.165, 1.54) is 5.56 Å². The number of anilines is 2. The zero-order valence-corrected chi connectivity index (χ0v) is 17.6. The first kappa shape index (κ1) is 19.8. The number of rotatable bonds is 6. The number of aryl methyl sites for hydroxylation is 2. The van der Waals surface area contributed by atoms with Gasteiger partial charge in [-0.3, -0.25) is 14.3 Å². The van der Waals surface area contributed by atoms with Crippen molar-refractivity contribution in [1.82, 2.24) is 9.55 Å². The van der Waals surface area contributed by atoms with Gasteiger partial charge < -0.3 is 5.32 Å². The molecule has 2 heterocycles. The zero-order valence-electron chi connectivity index (χ0n) is 17.6. The second-order valence-corrected chi connectivity index (χ2v) is 7.73. The largest absolute Gasteiger partial charge is 0.341 e. The van der Waals surface area contributed by atoms with E-state index in [1.54, 1.807) is 12.3 Å². The van der Waals surface area contributed by atoms with E-state index < -0.39 is 0 Å². The first-order chi connectivity index (χ1) is 15.8. The molecule has 0 amide bonds. The van der Waals surface area contributed by atoms with Crippen molar-refractivity contribution in [2.24, 2.45) is 0 Å². The number of fused-ring (bicyclic) bond motifs is 1. The monoisotopic (exact) mass is 417 g/mol. The molecule has 32 heavy (non-hydrogen) atoms. The molecule has 0 fully saturated rings. The second-order valence-electron chi connectivity index (χ2n) is 7.73. The van der Waals surface area contributed by atoms with Gasteiger partial charge in [0, 0.05) is 29.3 Å². The van der Waals surface area contributed by atoms with E-state index >= 15 is 0 Å². The van der Waals surface area contributed by atoms with E-state index in [0.29, 0.717) is 5.39 Å². The molecule has 1 N–H and O–H groups in total. The summed E-state index contributed by atoms with van der Waals surface area (Å²) in [6, 6.07) is 34.1. The minimum Gasteiger partial charge on any atom is -0.341 e. The van der Waals surface area contributed by atoms with Crippen molar-refractivity contribution in [3.63, 3.8) is 0 Å². The maximum atomic E-state index is 13.0. The third-order valence-corrected chi connectivity index (χ3v) is 5.53. The summed E-state index contributed by atoms with van der Waals surface area (Å²) in [7, 11) is 0. The smallest absolute Gasteiger partial charge is 0.193 e. The van der Waals surface area contributed by atoms with Gasteiger partial charge in [-0.05, 0) is 48.7 Å². The van der Waals surface area contributed by atoms with Crippen molar-refractivity contribution >= 4 is 22.4 Å². The molecule has 0 radical (unpaired) electrons. The van der Waals surface area contributed by atoms with Crippen LogP contribution in [0.2, 0.25) is 0 Å². The van der Waals surface area contributed by atoms with Crippen LogP contribution >= 0.6 is 0 Å². The van der Waals surface area contributed by atoms with Crippen LogP contribution in [-0.4, -0.2) is 9.55 Å². The average Bonchev–Trinajstić information content (AvgIpc) is 2.85. The van der Waals surface area contributed by atoms with E-state index in [9.17, 15) is 4.79 Å². The minimum atomic E-state index is -0.0484. The fourth-order valence-electron chi connectivity index (χ4n) is 3.93. The van der Waals surface area contributed by atoms with Gasteiger partial charge in [0.1, 0.15) is 5.82 Å². The lowest BCUT2D eigenvalue weighted by atomic mass is 10.1. The van der Waals surface area contributed by atoms with E-state index in [1.807, 2.05) is 72.8 Å². The van der Waals surface area contributed by atoms with E-state index in [4.69, 9.17) is 0 Å². The van der Waals surface area contributed by atoms with Crippen molar-refractivity contribution < 1.29 is 0 Å². The normalized spacial score (nSPS) is 10.9. The SMILES string of the molecule is O=c1cc(Nc2ccccc2)n(-c2ccccc2)c2cc(CCc3ccccc3)ncc12. The van der Waals surface area contributed by atoms with Crippen LogP contribution < -0.4 is 10.7 Å². The number of hydrogen-bond donors (Lipinski definition) is 1. The summed E-state index contributed by atoms with van der Waals surface area (Å²) in [4.78, 5) is 17.6. The first-order valence-corrected chi connectivity index (χ1v) is 10.7. The Morgan fingerprint density at radius 3 is 2.12 bits per heavy atom. The topological polar surface area (TPSA) is 46.9 Å². The fraction of sp³-hybridized carbons (Fsp3) is 0.0714. The van der Waals surface area contributed by atoms with Gasteiger partial charge in [-0.2, -0.15) is 0 Å². The number of benzene rings is 3. The summed E-state index contributed by atoms with van der Waals surface area (Å²) in [6.07, 6.45) is 3.42. The Morgan fingerprint density at radius 1 is 0.750 bits per heavy atom. The molecular formula is C28H23N3O. The summed E-state index contributed by atoms with van der Waals surface area (Å²) >= 11 is 0. The summed E-state index contributed by atoms with van der Waals surface area (Å²) in [5.41, 5.74) is 4.94. The molecule has 0 aliphatic carbocycles. The van der Waals surface area contributed by atoms with Gasteiger partial charge in [-0.1, -0.05) is 66.7 Å². The molecule has 0 aliphatic heterocycles. The molecule has 4 nitrogen and oxygen atoms in total. The van der Waals surface area contributed by atoms with Crippen LogP contribution in [0.3, 0.4) is 0 Å². The van der Waals surface area contributed by atoms with Gasteiger partial charge in [0.2, 0.25) is 0 Å². The van der Waals surface area contributed by atoms with Crippen molar-refractivity contribution in [1.29, 1.82) is 0 Å². The van der Waals surface area contributed by atoms with Crippen LogP contribution in [0, 0.1) is 0 Å². The number of hydrogen-bond acceptors (Lipinski definition) is 3. The van der Waals surface area contributed by atoms with Crippen LogP contribution in [0.25, 0.3) is 16.6 Å². The van der Waals surface area contributed by atoms with Crippen molar-refractivity contribution in [3.05, 3.63) is 131 Å². The Kier molecular flexibility index (Phi) is 5.50. The summed E-state index contributed by atoms with van der Waals surface area (Å²) in [6.45, 7) is 0. The van der Waals surface area contributed by atoms with Crippen LogP contribution in [0.4, 0.5) is 11.5 Å². The molecule has 156 valence electrons. The number of nitrogens with zero attached hydrogens (tertiary/aromatic N) is 2. The Bertz CT molecular complexity index is 1400. The lowest BCUT2D eigenvalue weighted by Crippen LogP contribution is -2.13.